The van der Waals surface area contributed by atoms with Crippen LogP contribution < -0.4 is 16.0 Å². The molecule has 1 aliphatic carbocycles. The Morgan fingerprint density at radius 2 is 2.05 bits per heavy atom. The van der Waals surface area contributed by atoms with Crippen LogP contribution in [0.2, 0.25) is 0 Å². The zero-order valence-electron chi connectivity index (χ0n) is 12.0. The van der Waals surface area contributed by atoms with Gasteiger partial charge >= 0.3 is 6.03 Å². The molecule has 1 aliphatic heterocycles. The van der Waals surface area contributed by atoms with E-state index >= 15 is 0 Å². The summed E-state index contributed by atoms with van der Waals surface area (Å²) in [5.41, 5.74) is -0.740. The van der Waals surface area contributed by atoms with E-state index < -0.39 is 11.6 Å². The summed E-state index contributed by atoms with van der Waals surface area (Å²) in [6.07, 6.45) is 3.22. The summed E-state index contributed by atoms with van der Waals surface area (Å²) >= 11 is 0. The number of imide groups is 1. The third-order valence-corrected chi connectivity index (χ3v) is 4.10. The van der Waals surface area contributed by atoms with Gasteiger partial charge in [0.05, 0.1) is 0 Å². The first-order valence-electron chi connectivity index (χ1n) is 7.06. The summed E-state index contributed by atoms with van der Waals surface area (Å²) < 4.78 is 0. The van der Waals surface area contributed by atoms with Crippen LogP contribution in [0.5, 0.6) is 0 Å². The maximum absolute atomic E-state index is 12.3. The highest BCUT2D eigenvalue weighted by molar-refractivity contribution is 6.09. The summed E-state index contributed by atoms with van der Waals surface area (Å²) in [7, 11) is 1.80. The van der Waals surface area contributed by atoms with Crippen molar-refractivity contribution in [2.45, 2.75) is 44.2 Å². The third kappa shape index (κ3) is 2.77. The summed E-state index contributed by atoms with van der Waals surface area (Å²) in [6.45, 7) is 2.19. The normalized spacial score (nSPS) is 22.2. The summed E-state index contributed by atoms with van der Waals surface area (Å²) in [5.74, 6) is -0.567. The lowest BCUT2D eigenvalue weighted by atomic mass is 9.98. The Morgan fingerprint density at radius 3 is 2.65 bits per heavy atom. The third-order valence-electron chi connectivity index (χ3n) is 4.10. The second-order valence-electron chi connectivity index (χ2n) is 5.60. The molecule has 0 aromatic carbocycles. The second kappa shape index (κ2) is 5.78. The van der Waals surface area contributed by atoms with Crippen molar-refractivity contribution in [3.05, 3.63) is 0 Å². The van der Waals surface area contributed by atoms with Gasteiger partial charge < -0.3 is 16.0 Å². The molecule has 1 unspecified atom stereocenters. The SMILES string of the molecule is CNC(C)CNC(=O)CN1C(=O)NC2(CCCC2)C1=O. The van der Waals surface area contributed by atoms with Gasteiger partial charge in [-0.25, -0.2) is 4.79 Å². The van der Waals surface area contributed by atoms with Crippen molar-refractivity contribution in [2.24, 2.45) is 0 Å². The highest BCUT2D eigenvalue weighted by Crippen LogP contribution is 2.34. The molecule has 2 fully saturated rings. The molecule has 1 atom stereocenters. The predicted octanol–water partition coefficient (Wildman–Crippen LogP) is -0.425. The van der Waals surface area contributed by atoms with E-state index in [4.69, 9.17) is 0 Å². The van der Waals surface area contributed by atoms with Crippen LogP contribution in [0.15, 0.2) is 0 Å². The van der Waals surface area contributed by atoms with Crippen molar-refractivity contribution < 1.29 is 14.4 Å². The van der Waals surface area contributed by atoms with Gasteiger partial charge in [0.15, 0.2) is 0 Å². The number of carbonyl (C=O) groups excluding carboxylic acids is 3. The number of urea groups is 1. The van der Waals surface area contributed by atoms with E-state index in [0.717, 1.165) is 17.7 Å². The van der Waals surface area contributed by atoms with Crippen LogP contribution >= 0.6 is 0 Å². The molecule has 7 heteroatoms. The topological polar surface area (TPSA) is 90.5 Å². The fourth-order valence-electron chi connectivity index (χ4n) is 2.71. The molecule has 20 heavy (non-hydrogen) atoms. The summed E-state index contributed by atoms with van der Waals surface area (Å²) in [4.78, 5) is 37.0. The molecule has 1 saturated heterocycles. The number of rotatable bonds is 5. The molecule has 1 saturated carbocycles. The van der Waals surface area contributed by atoms with E-state index in [1.807, 2.05) is 6.92 Å². The fourth-order valence-corrected chi connectivity index (χ4v) is 2.71. The molecule has 4 amide bonds. The van der Waals surface area contributed by atoms with Crippen molar-refractivity contribution in [1.29, 1.82) is 0 Å². The predicted molar refractivity (Wildman–Crippen MR) is 73.0 cm³/mol. The van der Waals surface area contributed by atoms with Crippen LogP contribution in [0.3, 0.4) is 0 Å². The maximum Gasteiger partial charge on any atom is 0.325 e. The van der Waals surface area contributed by atoms with Crippen LogP contribution in [0.4, 0.5) is 4.79 Å². The molecule has 0 aromatic rings. The molecule has 7 nitrogen and oxygen atoms in total. The van der Waals surface area contributed by atoms with Gasteiger partial charge in [-0.15, -0.1) is 0 Å². The average Bonchev–Trinajstić information content (AvgIpc) is 2.98. The molecule has 3 N–H and O–H groups in total. The first kappa shape index (κ1) is 14.8. The Morgan fingerprint density at radius 1 is 1.40 bits per heavy atom. The van der Waals surface area contributed by atoms with Gasteiger partial charge in [0.25, 0.3) is 5.91 Å². The molecule has 1 spiro atoms. The van der Waals surface area contributed by atoms with Gasteiger partial charge in [-0.3, -0.25) is 14.5 Å². The monoisotopic (exact) mass is 282 g/mol. The van der Waals surface area contributed by atoms with Crippen molar-refractivity contribution in [3.8, 4) is 0 Å². The quantitative estimate of drug-likeness (QED) is 0.597. The smallest absolute Gasteiger partial charge is 0.325 e. The van der Waals surface area contributed by atoms with Gasteiger partial charge in [-0.05, 0) is 26.8 Å². The lowest BCUT2D eigenvalue weighted by molar-refractivity contribution is -0.134. The fraction of sp³-hybridized carbons (Fsp3) is 0.769. The lowest BCUT2D eigenvalue weighted by Gasteiger charge is -2.20. The zero-order chi connectivity index (χ0) is 14.8. The minimum atomic E-state index is -0.740. The van der Waals surface area contributed by atoms with Crippen molar-refractivity contribution in [1.82, 2.24) is 20.9 Å². The van der Waals surface area contributed by atoms with Gasteiger partial charge in [-0.2, -0.15) is 0 Å². The Balaban J connectivity index is 1.91. The molecule has 1 heterocycles. The minimum absolute atomic E-state index is 0.142. The molecule has 0 aromatic heterocycles. The van der Waals surface area contributed by atoms with Gasteiger partial charge in [0.2, 0.25) is 5.91 Å². The van der Waals surface area contributed by atoms with Crippen LogP contribution in [0.25, 0.3) is 0 Å². The van der Waals surface area contributed by atoms with Crippen molar-refractivity contribution >= 4 is 17.8 Å². The maximum atomic E-state index is 12.3. The van der Waals surface area contributed by atoms with Crippen LogP contribution in [0, 0.1) is 0 Å². The van der Waals surface area contributed by atoms with E-state index in [-0.39, 0.29) is 24.4 Å². The van der Waals surface area contributed by atoms with E-state index in [1.54, 1.807) is 7.05 Å². The number of hydrogen-bond acceptors (Lipinski definition) is 4. The van der Waals surface area contributed by atoms with Crippen LogP contribution in [-0.2, 0) is 9.59 Å². The van der Waals surface area contributed by atoms with E-state index in [9.17, 15) is 14.4 Å². The molecular weight excluding hydrogens is 260 g/mol. The Kier molecular flexibility index (Phi) is 4.27. The molecule has 0 bridgehead atoms. The number of amides is 4. The summed E-state index contributed by atoms with van der Waals surface area (Å²) in [6, 6.07) is -0.308. The van der Waals surface area contributed by atoms with Gasteiger partial charge in [-0.1, -0.05) is 12.8 Å². The van der Waals surface area contributed by atoms with E-state index in [1.165, 1.54) is 0 Å². The summed E-state index contributed by atoms with van der Waals surface area (Å²) in [5, 5.41) is 8.46. The number of carbonyl (C=O) groups is 3. The van der Waals surface area contributed by atoms with Gasteiger partial charge in [0, 0.05) is 12.6 Å². The number of nitrogens with one attached hydrogen (secondary N) is 3. The van der Waals surface area contributed by atoms with Gasteiger partial charge in [0.1, 0.15) is 12.1 Å². The highest BCUT2D eigenvalue weighted by Gasteiger charge is 2.52. The minimum Gasteiger partial charge on any atom is -0.353 e. The Hall–Kier alpha value is -1.63. The van der Waals surface area contributed by atoms with Crippen molar-refractivity contribution in [2.75, 3.05) is 20.1 Å². The molecule has 2 aliphatic rings. The molecule has 0 radical (unpaired) electrons. The molecule has 112 valence electrons. The Labute approximate surface area is 118 Å². The average molecular weight is 282 g/mol. The van der Waals surface area contributed by atoms with Crippen molar-refractivity contribution in [3.63, 3.8) is 0 Å². The standard InChI is InChI=1S/C13H22N4O3/c1-9(14-2)7-15-10(18)8-17-11(19)13(16-12(17)20)5-3-4-6-13/h9,14H,3-8H2,1-2H3,(H,15,18)(H,16,20). The molecule has 2 rings (SSSR count). The molecular formula is C13H22N4O3. The first-order valence-corrected chi connectivity index (χ1v) is 7.06. The largest absolute Gasteiger partial charge is 0.353 e. The second-order valence-corrected chi connectivity index (χ2v) is 5.60. The van der Waals surface area contributed by atoms with E-state index in [2.05, 4.69) is 16.0 Å². The van der Waals surface area contributed by atoms with Crippen LogP contribution in [-0.4, -0.2) is 54.5 Å². The zero-order valence-corrected chi connectivity index (χ0v) is 12.0. The highest BCUT2D eigenvalue weighted by atomic mass is 16.2. The van der Waals surface area contributed by atoms with E-state index in [0.29, 0.717) is 19.4 Å². The number of nitrogens with zero attached hydrogens (tertiary/aromatic N) is 1. The lowest BCUT2D eigenvalue weighted by Crippen LogP contribution is -2.46. The number of likely N-dealkylation sites (N-methyl/N-ethyl adjacent to an activating group) is 1. The first-order chi connectivity index (χ1) is 9.48. The number of hydrogen-bond donors (Lipinski definition) is 3. The van der Waals surface area contributed by atoms with Crippen LogP contribution in [0.1, 0.15) is 32.6 Å². The Bertz CT molecular complexity index is 418.